The first-order valence-corrected chi connectivity index (χ1v) is 25.5. The van der Waals surface area contributed by atoms with Crippen LogP contribution >= 0.6 is 8.53 Å². The fraction of sp³-hybridized carbons (Fsp3) is 0.623. The molecule has 1 aliphatic rings. The van der Waals surface area contributed by atoms with Gasteiger partial charge in [0.2, 0.25) is 0 Å². The molecule has 1 heterocycles. The third-order valence-corrected chi connectivity index (χ3v) is 14.1. The van der Waals surface area contributed by atoms with Crippen LogP contribution in [0.3, 0.4) is 0 Å². The van der Waals surface area contributed by atoms with Gasteiger partial charge in [-0.15, -0.1) is 0 Å². The molecular formula is C53H78BN2O8P. The number of unbranched alkanes of at least 4 members (excludes halogenated alkanes) is 13. The molecule has 10 nitrogen and oxygen atoms in total. The molecule has 3 aromatic rings. The van der Waals surface area contributed by atoms with Gasteiger partial charge >= 0.3 is 5.97 Å². The largest absolute Gasteiger partial charge is 0.497 e. The lowest BCUT2D eigenvalue weighted by atomic mass is 9.79. The van der Waals surface area contributed by atoms with Gasteiger partial charge in [0.15, 0.2) is 0 Å². The molecule has 0 aromatic heterocycles. The van der Waals surface area contributed by atoms with Gasteiger partial charge in [0.25, 0.3) is 8.53 Å². The first kappa shape index (κ1) is 54.3. The van der Waals surface area contributed by atoms with Crippen LogP contribution in [0.4, 0.5) is 0 Å². The number of carbonyl (C=O) groups excluding carboxylic acids is 1. The minimum atomic E-state index is -1.64. The van der Waals surface area contributed by atoms with Crippen molar-refractivity contribution in [3.05, 3.63) is 101 Å². The second-order valence-electron chi connectivity index (χ2n) is 17.8. The summed E-state index contributed by atoms with van der Waals surface area (Å²) in [4.78, 5) is 10.9. The average molecular weight is 913 g/mol. The first-order valence-electron chi connectivity index (χ1n) is 24.3. The van der Waals surface area contributed by atoms with Gasteiger partial charge in [0.1, 0.15) is 37.5 Å². The minimum Gasteiger partial charge on any atom is -0.497 e. The summed E-state index contributed by atoms with van der Waals surface area (Å²) in [5, 5.41) is 9.43. The zero-order valence-corrected chi connectivity index (χ0v) is 41.5. The van der Waals surface area contributed by atoms with Crippen LogP contribution in [-0.2, 0) is 38.4 Å². The Morgan fingerprint density at radius 3 is 1.75 bits per heavy atom. The van der Waals surface area contributed by atoms with E-state index in [0.717, 1.165) is 53.7 Å². The zero-order chi connectivity index (χ0) is 46.9. The summed E-state index contributed by atoms with van der Waals surface area (Å²) >= 11 is 0. The van der Waals surface area contributed by atoms with E-state index < -0.39 is 38.4 Å². The molecule has 2 radical (unpaired) electrons. The Hall–Kier alpha value is -3.33. The Balaban J connectivity index is 1.44. The zero-order valence-electron chi connectivity index (χ0n) is 40.6. The van der Waals surface area contributed by atoms with Gasteiger partial charge in [-0.3, -0.25) is 4.79 Å². The van der Waals surface area contributed by atoms with Gasteiger partial charge in [0, 0.05) is 31.6 Å². The smallest absolute Gasteiger partial charge is 0.302 e. The molecular weight excluding hydrogens is 834 g/mol. The Morgan fingerprint density at radius 1 is 0.738 bits per heavy atom. The van der Waals surface area contributed by atoms with Crippen molar-refractivity contribution in [2.75, 3.05) is 33.5 Å². The number of esters is 1. The van der Waals surface area contributed by atoms with E-state index >= 15 is 0 Å². The number of methoxy groups -OCH3 is 1. The maximum atomic E-state index is 10.9. The molecule has 1 saturated heterocycles. The predicted octanol–water partition coefficient (Wildman–Crippen LogP) is 12.3. The Kier molecular flexibility index (Phi) is 25.2. The van der Waals surface area contributed by atoms with Gasteiger partial charge in [-0.1, -0.05) is 149 Å². The van der Waals surface area contributed by atoms with Crippen LogP contribution in [0.15, 0.2) is 78.9 Å². The molecule has 1 fully saturated rings. The number of nitriles is 1. The van der Waals surface area contributed by atoms with Gasteiger partial charge in [-0.2, -0.15) is 5.26 Å². The normalized spacial score (nSPS) is 18.8. The summed E-state index contributed by atoms with van der Waals surface area (Å²) in [6.45, 7) is 13.5. The first-order chi connectivity index (χ1) is 31.5. The molecule has 0 aliphatic carbocycles. The number of carbonyl (C=O) groups is 1. The van der Waals surface area contributed by atoms with E-state index in [4.69, 9.17) is 40.6 Å². The van der Waals surface area contributed by atoms with Crippen LogP contribution in [0.5, 0.6) is 5.75 Å². The second-order valence-corrected chi connectivity index (χ2v) is 19.2. The monoisotopic (exact) mass is 913 g/mol. The fourth-order valence-electron chi connectivity index (χ4n) is 8.61. The number of hydrogen-bond acceptors (Lipinski definition) is 10. The molecule has 0 spiro atoms. The van der Waals surface area contributed by atoms with E-state index in [-0.39, 0.29) is 37.7 Å². The minimum absolute atomic E-state index is 0.109. The van der Waals surface area contributed by atoms with Crippen molar-refractivity contribution in [1.29, 1.82) is 5.26 Å². The molecule has 1 aliphatic heterocycles. The lowest BCUT2D eigenvalue weighted by molar-refractivity contribution is -0.141. The molecule has 6 atom stereocenters. The maximum absolute atomic E-state index is 10.9. The summed E-state index contributed by atoms with van der Waals surface area (Å²) < 4.78 is 46.9. The van der Waals surface area contributed by atoms with E-state index in [2.05, 4.69) is 93.9 Å². The Bertz CT molecular complexity index is 1770. The standard InChI is InChI=1S/C53H78BN2O8P/c1-41(2)56(42(3)4)65(62-39-25-36-55)64-50-49(63-52(54)51(50)60-38-24-19-17-15-13-11-9-8-10-12-14-16-18-23-37-59-44(6)57)40-61-53(45-26-21-20-22-27-45,46-30-28-43(5)29-31-46)47-32-34-48(58-7)35-33-47/h20-22,26-35,41-42,49-52H,8-19,23-25,37-40H2,1-7H3/t49-,50-,51-,52-,53?,65?/m1/s1. The molecule has 0 saturated carbocycles. The third-order valence-electron chi connectivity index (χ3n) is 12.0. The van der Waals surface area contributed by atoms with Crippen LogP contribution in [0.25, 0.3) is 0 Å². The molecule has 12 heteroatoms. The van der Waals surface area contributed by atoms with E-state index in [1.54, 1.807) is 7.11 Å². The quantitative estimate of drug-likeness (QED) is 0.0193. The van der Waals surface area contributed by atoms with Crippen molar-refractivity contribution in [3.8, 4) is 11.8 Å². The summed E-state index contributed by atoms with van der Waals surface area (Å²) in [5.74, 6) is 0.566. The number of aryl methyl sites for hydroxylation is 1. The van der Waals surface area contributed by atoms with Crippen molar-refractivity contribution in [3.63, 3.8) is 0 Å². The van der Waals surface area contributed by atoms with Crippen molar-refractivity contribution >= 4 is 22.3 Å². The number of ether oxygens (including phenoxy) is 5. The topological polar surface area (TPSA) is 109 Å². The van der Waals surface area contributed by atoms with Gasteiger partial charge in [0.05, 0.1) is 39.4 Å². The number of rotatable bonds is 33. The van der Waals surface area contributed by atoms with Crippen LogP contribution in [-0.4, -0.2) is 88.4 Å². The highest BCUT2D eigenvalue weighted by Gasteiger charge is 2.48. The van der Waals surface area contributed by atoms with E-state index in [1.165, 1.54) is 71.1 Å². The molecule has 0 amide bonds. The third kappa shape index (κ3) is 17.7. The second kappa shape index (κ2) is 30.1. The summed E-state index contributed by atoms with van der Waals surface area (Å²) in [6.07, 6.45) is 15.2. The highest BCUT2D eigenvalue weighted by molar-refractivity contribution is 7.44. The van der Waals surface area contributed by atoms with E-state index in [0.29, 0.717) is 13.2 Å². The summed E-state index contributed by atoms with van der Waals surface area (Å²) in [6, 6.07) is 28.5. The summed E-state index contributed by atoms with van der Waals surface area (Å²) in [7, 11) is 6.89. The molecule has 2 unspecified atom stereocenters. The molecule has 3 aromatic carbocycles. The van der Waals surface area contributed by atoms with Crippen molar-refractivity contribution < 1.29 is 37.5 Å². The SMILES string of the molecule is [B][C@@H]1O[C@H](COC(c2ccccc2)(c2ccc(C)cc2)c2ccc(OC)cc2)[C@@H](OP(OCCC#N)N(C(C)C)C(C)C)[C@H]1OCCCCCCCCCCCCCCCCOC(C)=O. The van der Waals surface area contributed by atoms with Crippen LogP contribution in [0.1, 0.15) is 153 Å². The van der Waals surface area contributed by atoms with E-state index in [1.807, 2.05) is 30.3 Å². The van der Waals surface area contributed by atoms with Crippen molar-refractivity contribution in [2.45, 2.75) is 180 Å². The predicted molar refractivity (Wildman–Crippen MR) is 262 cm³/mol. The molecule has 4 rings (SSSR count). The summed E-state index contributed by atoms with van der Waals surface area (Å²) in [5.41, 5.74) is 2.99. The molecule has 65 heavy (non-hydrogen) atoms. The van der Waals surface area contributed by atoms with Gasteiger partial charge in [-0.25, -0.2) is 4.67 Å². The van der Waals surface area contributed by atoms with Crippen molar-refractivity contribution in [2.24, 2.45) is 0 Å². The number of hydrogen-bond donors (Lipinski definition) is 0. The van der Waals surface area contributed by atoms with E-state index in [9.17, 15) is 10.1 Å². The van der Waals surface area contributed by atoms with Gasteiger partial charge in [-0.05, 0) is 76.3 Å². The molecule has 0 N–H and O–H groups in total. The fourth-order valence-corrected chi connectivity index (χ4v) is 10.4. The number of benzene rings is 3. The Labute approximate surface area is 394 Å². The highest BCUT2D eigenvalue weighted by atomic mass is 31.2. The van der Waals surface area contributed by atoms with Crippen LogP contribution in [0.2, 0.25) is 0 Å². The maximum Gasteiger partial charge on any atom is 0.302 e. The van der Waals surface area contributed by atoms with Crippen LogP contribution in [0, 0.1) is 18.3 Å². The van der Waals surface area contributed by atoms with Gasteiger partial charge < -0.3 is 32.7 Å². The van der Waals surface area contributed by atoms with Crippen molar-refractivity contribution in [1.82, 2.24) is 4.67 Å². The number of nitrogens with zero attached hydrogens (tertiary/aromatic N) is 2. The highest BCUT2D eigenvalue weighted by Crippen LogP contribution is 2.50. The average Bonchev–Trinajstić information content (AvgIpc) is 3.59. The lowest BCUT2D eigenvalue weighted by Crippen LogP contribution is -2.43. The molecule has 0 bridgehead atoms. The lowest BCUT2D eigenvalue weighted by Gasteiger charge is -2.39. The van der Waals surface area contributed by atoms with Crippen LogP contribution < -0.4 is 4.74 Å². The Morgan fingerprint density at radius 2 is 1.25 bits per heavy atom. The molecule has 356 valence electrons.